The fraction of sp³-hybridized carbons (Fsp3) is 0.350. The van der Waals surface area contributed by atoms with Crippen LogP contribution < -0.4 is 5.32 Å². The number of hydrogen-bond acceptors (Lipinski definition) is 4. The Morgan fingerprint density at radius 2 is 2.08 bits per heavy atom. The van der Waals surface area contributed by atoms with E-state index in [-0.39, 0.29) is 5.91 Å². The van der Waals surface area contributed by atoms with Crippen molar-refractivity contribution in [3.63, 3.8) is 0 Å². The zero-order valence-electron chi connectivity index (χ0n) is 14.7. The molecule has 1 aliphatic carbocycles. The Labute approximate surface area is 151 Å². The molecule has 1 aliphatic rings. The van der Waals surface area contributed by atoms with Crippen LogP contribution in [0.3, 0.4) is 0 Å². The second kappa shape index (κ2) is 6.23. The highest BCUT2D eigenvalue weighted by Crippen LogP contribution is 2.32. The van der Waals surface area contributed by atoms with Crippen molar-refractivity contribution >= 4 is 33.3 Å². The van der Waals surface area contributed by atoms with Crippen molar-refractivity contribution in [2.24, 2.45) is 5.92 Å². The van der Waals surface area contributed by atoms with Gasteiger partial charge in [0.25, 0.3) is 5.91 Å². The first-order valence-corrected chi connectivity index (χ1v) is 9.49. The Morgan fingerprint density at radius 3 is 2.92 bits per heavy atom. The number of rotatable bonds is 2. The molecule has 2 heterocycles. The average molecular weight is 351 g/mol. The van der Waals surface area contributed by atoms with E-state index >= 15 is 0 Å². The fourth-order valence-electron chi connectivity index (χ4n) is 3.38. The van der Waals surface area contributed by atoms with Crippen molar-refractivity contribution in [3.8, 4) is 0 Å². The Bertz CT molecular complexity index is 976. The van der Waals surface area contributed by atoms with E-state index in [0.29, 0.717) is 16.6 Å². The maximum Gasteiger partial charge on any atom is 0.259 e. The zero-order chi connectivity index (χ0) is 17.6. The predicted octanol–water partition coefficient (Wildman–Crippen LogP) is 4.69. The van der Waals surface area contributed by atoms with Crippen LogP contribution in [0.5, 0.6) is 0 Å². The molecule has 0 fully saturated rings. The normalized spacial score (nSPS) is 16.7. The summed E-state index contributed by atoms with van der Waals surface area (Å²) >= 11 is 1.61. The van der Waals surface area contributed by atoms with Gasteiger partial charge in [-0.2, -0.15) is 0 Å². The van der Waals surface area contributed by atoms with Gasteiger partial charge in [0.2, 0.25) is 0 Å². The molecule has 25 heavy (non-hydrogen) atoms. The molecule has 3 aromatic rings. The second-order valence-corrected chi connectivity index (χ2v) is 8.09. The van der Waals surface area contributed by atoms with E-state index in [1.165, 1.54) is 11.3 Å². The van der Waals surface area contributed by atoms with Crippen LogP contribution in [-0.4, -0.2) is 15.9 Å². The van der Waals surface area contributed by atoms with Crippen molar-refractivity contribution in [2.75, 3.05) is 5.32 Å². The van der Waals surface area contributed by atoms with Gasteiger partial charge in [-0.1, -0.05) is 18.6 Å². The Hall–Kier alpha value is -2.27. The number of anilines is 1. The first kappa shape index (κ1) is 16.2. The molecule has 0 saturated heterocycles. The van der Waals surface area contributed by atoms with Gasteiger partial charge in [0, 0.05) is 10.3 Å². The number of pyridine rings is 1. The van der Waals surface area contributed by atoms with Crippen LogP contribution in [0.25, 0.3) is 10.9 Å². The van der Waals surface area contributed by atoms with Gasteiger partial charge >= 0.3 is 0 Å². The molecule has 4 rings (SSSR count). The summed E-state index contributed by atoms with van der Waals surface area (Å²) in [5.41, 5.74) is 4.58. The quantitative estimate of drug-likeness (QED) is 0.729. The summed E-state index contributed by atoms with van der Waals surface area (Å²) in [6.07, 6.45) is 3.26. The highest BCUT2D eigenvalue weighted by molar-refractivity contribution is 7.15. The molecule has 128 valence electrons. The van der Waals surface area contributed by atoms with E-state index in [9.17, 15) is 4.79 Å². The number of nitrogens with zero attached hydrogens (tertiary/aromatic N) is 2. The molecule has 1 amide bonds. The number of aromatic nitrogens is 2. The van der Waals surface area contributed by atoms with Crippen LogP contribution in [0.15, 0.2) is 24.3 Å². The molecule has 1 atom stereocenters. The van der Waals surface area contributed by atoms with Gasteiger partial charge in [0.1, 0.15) is 0 Å². The van der Waals surface area contributed by atoms with Gasteiger partial charge in [-0.05, 0) is 57.2 Å². The maximum atomic E-state index is 12.8. The Morgan fingerprint density at radius 1 is 1.24 bits per heavy atom. The molecular weight excluding hydrogens is 330 g/mol. The lowest BCUT2D eigenvalue weighted by Crippen LogP contribution is -2.14. The van der Waals surface area contributed by atoms with Crippen molar-refractivity contribution in [1.82, 2.24) is 9.97 Å². The monoisotopic (exact) mass is 351 g/mol. The Balaban J connectivity index is 1.63. The van der Waals surface area contributed by atoms with Crippen LogP contribution in [-0.2, 0) is 12.8 Å². The number of benzene rings is 1. The third-order valence-corrected chi connectivity index (χ3v) is 5.85. The third-order valence-electron chi connectivity index (χ3n) is 4.81. The molecule has 0 saturated carbocycles. The van der Waals surface area contributed by atoms with Crippen LogP contribution in [0.4, 0.5) is 5.13 Å². The zero-order valence-corrected chi connectivity index (χ0v) is 15.5. The molecule has 2 aromatic heterocycles. The van der Waals surface area contributed by atoms with Gasteiger partial charge in [-0.3, -0.25) is 15.1 Å². The molecule has 1 unspecified atom stereocenters. The average Bonchev–Trinajstić information content (AvgIpc) is 2.95. The lowest BCUT2D eigenvalue weighted by atomic mass is 9.93. The van der Waals surface area contributed by atoms with E-state index in [1.54, 1.807) is 11.3 Å². The summed E-state index contributed by atoms with van der Waals surface area (Å²) in [6.45, 7) is 6.19. The van der Waals surface area contributed by atoms with Gasteiger partial charge in [0.15, 0.2) is 5.13 Å². The maximum absolute atomic E-state index is 12.8. The topological polar surface area (TPSA) is 54.9 Å². The van der Waals surface area contributed by atoms with Crippen molar-refractivity contribution in [1.29, 1.82) is 0 Å². The first-order valence-electron chi connectivity index (χ1n) is 8.67. The van der Waals surface area contributed by atoms with Crippen LogP contribution in [0.2, 0.25) is 0 Å². The molecule has 0 aliphatic heterocycles. The van der Waals surface area contributed by atoms with Gasteiger partial charge in [0.05, 0.1) is 22.5 Å². The number of fused-ring (bicyclic) bond motifs is 2. The molecule has 1 aromatic carbocycles. The number of thiazole rings is 1. The lowest BCUT2D eigenvalue weighted by molar-refractivity contribution is 0.102. The summed E-state index contributed by atoms with van der Waals surface area (Å²) in [6, 6.07) is 8.02. The number of hydrogen-bond donors (Lipinski definition) is 1. The van der Waals surface area contributed by atoms with Crippen molar-refractivity contribution < 1.29 is 4.79 Å². The first-order chi connectivity index (χ1) is 12.0. The predicted molar refractivity (Wildman–Crippen MR) is 102 cm³/mol. The minimum atomic E-state index is -0.132. The van der Waals surface area contributed by atoms with Crippen LogP contribution in [0, 0.1) is 19.8 Å². The number of amides is 1. The van der Waals surface area contributed by atoms with Crippen LogP contribution in [0.1, 0.15) is 45.5 Å². The summed E-state index contributed by atoms with van der Waals surface area (Å²) in [5, 5.41) is 4.67. The lowest BCUT2D eigenvalue weighted by Gasteiger charge is -2.15. The third kappa shape index (κ3) is 3.16. The standard InChI is InChI=1S/C20H21N3OS/c1-11-4-6-16-14(8-11)10-15(13(3)21-16)19(24)23-20-22-17-7-5-12(2)9-18(17)25-20/h4,6,8,10,12H,5,7,9H2,1-3H3,(H,22,23,24). The van der Waals surface area contributed by atoms with Crippen molar-refractivity contribution in [3.05, 3.63) is 51.7 Å². The second-order valence-electron chi connectivity index (χ2n) is 7.01. The SMILES string of the molecule is Cc1ccc2nc(C)c(C(=O)Nc3nc4c(s3)CC(C)CC4)cc2c1. The molecule has 1 N–H and O–H groups in total. The summed E-state index contributed by atoms with van der Waals surface area (Å²) < 4.78 is 0. The highest BCUT2D eigenvalue weighted by atomic mass is 32.1. The molecule has 5 heteroatoms. The van der Waals surface area contributed by atoms with E-state index in [0.717, 1.165) is 40.7 Å². The number of aryl methyl sites for hydroxylation is 3. The number of carbonyl (C=O) groups is 1. The molecule has 0 radical (unpaired) electrons. The van der Waals surface area contributed by atoms with E-state index in [4.69, 9.17) is 0 Å². The summed E-state index contributed by atoms with van der Waals surface area (Å²) in [5.74, 6) is 0.569. The Kier molecular flexibility index (Phi) is 4.04. The molecule has 0 spiro atoms. The summed E-state index contributed by atoms with van der Waals surface area (Å²) in [7, 11) is 0. The fourth-order valence-corrected chi connectivity index (χ4v) is 4.55. The minimum Gasteiger partial charge on any atom is -0.298 e. The minimum absolute atomic E-state index is 0.132. The van der Waals surface area contributed by atoms with Crippen LogP contribution >= 0.6 is 11.3 Å². The van der Waals surface area contributed by atoms with Crippen molar-refractivity contribution in [2.45, 2.75) is 40.0 Å². The van der Waals surface area contributed by atoms with E-state index in [2.05, 4.69) is 28.3 Å². The summed E-state index contributed by atoms with van der Waals surface area (Å²) in [4.78, 5) is 23.3. The number of carbonyl (C=O) groups excluding carboxylic acids is 1. The molecule has 4 nitrogen and oxygen atoms in total. The molecular formula is C20H21N3OS. The van der Waals surface area contributed by atoms with Gasteiger partial charge in [-0.25, -0.2) is 4.98 Å². The largest absolute Gasteiger partial charge is 0.298 e. The van der Waals surface area contributed by atoms with E-state index in [1.807, 2.05) is 32.0 Å². The molecule has 0 bridgehead atoms. The smallest absolute Gasteiger partial charge is 0.259 e. The highest BCUT2D eigenvalue weighted by Gasteiger charge is 2.21. The van der Waals surface area contributed by atoms with Gasteiger partial charge in [-0.15, -0.1) is 11.3 Å². The number of nitrogens with one attached hydrogen (secondary N) is 1. The van der Waals surface area contributed by atoms with E-state index < -0.39 is 0 Å². The van der Waals surface area contributed by atoms with Gasteiger partial charge < -0.3 is 0 Å².